The van der Waals surface area contributed by atoms with Crippen molar-refractivity contribution in [3.8, 4) is 5.69 Å². The number of halogens is 3. The molecule has 2 aliphatic carbocycles. The SMILES string of the molecule is O=C(NC12CCC1C2)c1cn(-c2c(F)cc(F)cc2F)c2nc(N3C[C@@H](O)[C@H](O)C3)ccc2c1=O. The summed E-state index contributed by atoms with van der Waals surface area (Å²) >= 11 is 0. The minimum absolute atomic E-state index is 0.0624. The van der Waals surface area contributed by atoms with Crippen molar-refractivity contribution in [1.29, 1.82) is 0 Å². The van der Waals surface area contributed by atoms with E-state index in [0.29, 0.717) is 18.1 Å². The Morgan fingerprint density at radius 2 is 1.80 bits per heavy atom. The zero-order valence-electron chi connectivity index (χ0n) is 18.3. The van der Waals surface area contributed by atoms with Gasteiger partial charge < -0.3 is 20.4 Å². The molecule has 1 amide bonds. The van der Waals surface area contributed by atoms with Gasteiger partial charge in [0.05, 0.1) is 17.6 Å². The van der Waals surface area contributed by atoms with E-state index in [0.717, 1.165) is 30.0 Å². The van der Waals surface area contributed by atoms with Crippen molar-refractivity contribution >= 4 is 22.8 Å². The second kappa shape index (κ2) is 7.53. The Hall–Kier alpha value is -3.44. The lowest BCUT2D eigenvalue weighted by atomic mass is 9.92. The third-order valence-corrected chi connectivity index (χ3v) is 7.42. The monoisotopic (exact) mass is 486 g/mol. The lowest BCUT2D eigenvalue weighted by molar-refractivity contribution is 0.0572. The molecule has 1 aromatic carbocycles. The molecule has 35 heavy (non-hydrogen) atoms. The second-order valence-electron chi connectivity index (χ2n) is 9.59. The van der Waals surface area contributed by atoms with Crippen LogP contribution in [0.5, 0.6) is 0 Å². The normalized spacial score (nSPS) is 27.0. The molecule has 3 heterocycles. The number of aliphatic hydroxyl groups is 2. The summed E-state index contributed by atoms with van der Waals surface area (Å²) in [6.45, 7) is 0.125. The number of carbonyl (C=O) groups excluding carboxylic acids is 1. The Morgan fingerprint density at radius 3 is 2.37 bits per heavy atom. The van der Waals surface area contributed by atoms with Gasteiger partial charge in [0.1, 0.15) is 22.9 Å². The van der Waals surface area contributed by atoms with Gasteiger partial charge in [0.2, 0.25) is 5.43 Å². The summed E-state index contributed by atoms with van der Waals surface area (Å²) in [4.78, 5) is 32.3. The number of β-amino-alcohol motifs (C(OH)–C–C–N with tert-alkyl or cyclic N) is 2. The van der Waals surface area contributed by atoms with Crippen LogP contribution in [0.2, 0.25) is 0 Å². The molecule has 6 rings (SSSR count). The van der Waals surface area contributed by atoms with Gasteiger partial charge in [0, 0.05) is 37.0 Å². The number of nitrogens with one attached hydrogen (secondary N) is 1. The lowest BCUT2D eigenvalue weighted by Gasteiger charge is -2.26. The fraction of sp³-hybridized carbons (Fsp3) is 0.375. The fourth-order valence-electron chi connectivity index (χ4n) is 5.21. The Labute approximate surface area is 196 Å². The van der Waals surface area contributed by atoms with E-state index in [9.17, 15) is 33.0 Å². The zero-order chi connectivity index (χ0) is 24.6. The molecule has 2 unspecified atom stereocenters. The van der Waals surface area contributed by atoms with E-state index in [1.807, 2.05) is 0 Å². The maximum absolute atomic E-state index is 14.8. The van der Waals surface area contributed by atoms with Crippen molar-refractivity contribution in [3.63, 3.8) is 0 Å². The van der Waals surface area contributed by atoms with Gasteiger partial charge in [-0.05, 0) is 37.3 Å². The van der Waals surface area contributed by atoms with E-state index in [2.05, 4.69) is 10.3 Å². The van der Waals surface area contributed by atoms with Gasteiger partial charge in [0.15, 0.2) is 17.3 Å². The Bertz CT molecular complexity index is 1420. The molecular formula is C24H21F3N4O4. The maximum atomic E-state index is 14.8. The first kappa shape index (κ1) is 22.1. The number of nitrogens with zero attached hydrogens (tertiary/aromatic N) is 3. The maximum Gasteiger partial charge on any atom is 0.257 e. The Balaban J connectivity index is 1.53. The first-order valence-corrected chi connectivity index (χ1v) is 11.3. The fourth-order valence-corrected chi connectivity index (χ4v) is 5.21. The average Bonchev–Trinajstić information content (AvgIpc) is 3.12. The summed E-state index contributed by atoms with van der Waals surface area (Å²) in [7, 11) is 0. The molecule has 3 N–H and O–H groups in total. The number of rotatable bonds is 4. The van der Waals surface area contributed by atoms with Gasteiger partial charge in [0.25, 0.3) is 5.91 Å². The summed E-state index contributed by atoms with van der Waals surface area (Å²) in [5, 5.41) is 22.6. The summed E-state index contributed by atoms with van der Waals surface area (Å²) in [6.07, 6.45) is 1.65. The highest BCUT2D eigenvalue weighted by Crippen LogP contribution is 2.59. The molecule has 0 radical (unpaired) electrons. The van der Waals surface area contributed by atoms with E-state index in [-0.39, 0.29) is 41.0 Å². The average molecular weight is 486 g/mol. The van der Waals surface area contributed by atoms with Crippen LogP contribution in [-0.4, -0.2) is 56.5 Å². The van der Waals surface area contributed by atoms with E-state index in [1.165, 1.54) is 12.1 Å². The van der Waals surface area contributed by atoms with Crippen LogP contribution in [0.15, 0.2) is 35.3 Å². The highest BCUT2D eigenvalue weighted by atomic mass is 19.1. The van der Waals surface area contributed by atoms with Crippen molar-refractivity contribution < 1.29 is 28.2 Å². The highest BCUT2D eigenvalue weighted by Gasteiger charge is 2.62. The molecule has 3 fully saturated rings. The molecule has 1 saturated heterocycles. The largest absolute Gasteiger partial charge is 0.389 e. The number of anilines is 1. The summed E-state index contributed by atoms with van der Waals surface area (Å²) in [5.41, 5.74) is -2.13. The summed E-state index contributed by atoms with van der Waals surface area (Å²) in [6, 6.07) is 3.85. The van der Waals surface area contributed by atoms with Crippen molar-refractivity contribution in [2.45, 2.75) is 37.0 Å². The number of hydrogen-bond acceptors (Lipinski definition) is 6. The molecule has 11 heteroatoms. The van der Waals surface area contributed by atoms with Crippen molar-refractivity contribution in [1.82, 2.24) is 14.9 Å². The van der Waals surface area contributed by atoms with Crippen LogP contribution in [0.25, 0.3) is 16.7 Å². The van der Waals surface area contributed by atoms with Gasteiger partial charge in [-0.1, -0.05) is 0 Å². The Kier molecular flexibility index (Phi) is 4.74. The van der Waals surface area contributed by atoms with Gasteiger partial charge >= 0.3 is 0 Å². The quantitative estimate of drug-likeness (QED) is 0.518. The van der Waals surface area contributed by atoms with Crippen molar-refractivity contribution in [3.05, 3.63) is 63.7 Å². The lowest BCUT2D eigenvalue weighted by Crippen LogP contribution is -2.44. The summed E-state index contributed by atoms with van der Waals surface area (Å²) in [5.74, 6) is -3.61. The third-order valence-electron chi connectivity index (χ3n) is 7.42. The first-order chi connectivity index (χ1) is 16.7. The highest BCUT2D eigenvalue weighted by molar-refractivity contribution is 5.98. The topological polar surface area (TPSA) is 108 Å². The van der Waals surface area contributed by atoms with Crippen LogP contribution in [0.3, 0.4) is 0 Å². The van der Waals surface area contributed by atoms with Crippen molar-refractivity contribution in [2.75, 3.05) is 18.0 Å². The van der Waals surface area contributed by atoms with Crippen LogP contribution in [0.4, 0.5) is 19.0 Å². The molecule has 4 atom stereocenters. The number of hydrogen-bond donors (Lipinski definition) is 3. The molecule has 0 spiro atoms. The van der Waals surface area contributed by atoms with Gasteiger partial charge in [-0.2, -0.15) is 0 Å². The molecule has 0 bridgehead atoms. The van der Waals surface area contributed by atoms with Crippen LogP contribution in [0.1, 0.15) is 29.6 Å². The van der Waals surface area contributed by atoms with E-state index < -0.39 is 46.7 Å². The van der Waals surface area contributed by atoms with Gasteiger partial charge in [-0.3, -0.25) is 14.2 Å². The minimum atomic E-state index is -1.24. The number of pyridine rings is 2. The molecule has 3 aliphatic rings. The number of amides is 1. The van der Waals surface area contributed by atoms with Gasteiger partial charge in [-0.25, -0.2) is 18.2 Å². The number of aromatic nitrogens is 2. The number of benzene rings is 1. The predicted molar refractivity (Wildman–Crippen MR) is 119 cm³/mol. The molecule has 3 aromatic rings. The smallest absolute Gasteiger partial charge is 0.257 e. The summed E-state index contributed by atoms with van der Waals surface area (Å²) < 4.78 is 44.2. The van der Waals surface area contributed by atoms with Crippen LogP contribution >= 0.6 is 0 Å². The van der Waals surface area contributed by atoms with E-state index >= 15 is 0 Å². The zero-order valence-corrected chi connectivity index (χ0v) is 18.3. The molecule has 1 aliphatic heterocycles. The van der Waals surface area contributed by atoms with Gasteiger partial charge in [-0.15, -0.1) is 0 Å². The molecule has 8 nitrogen and oxygen atoms in total. The standard InChI is InChI=1S/C24H21F3N4O4/c25-12-5-15(26)20(16(27)6-12)31-8-14(23(35)29-24-4-3-11(24)7-24)21(34)13-1-2-19(28-22(13)31)30-9-17(32)18(33)10-30/h1-2,5-6,8,11,17-18,32-33H,3-4,7,9-10H2,(H,29,35)/t11?,17-,18-,24?/m1/s1. The van der Waals surface area contributed by atoms with Crippen LogP contribution in [0, 0.1) is 23.4 Å². The number of aliphatic hydroxyl groups excluding tert-OH is 2. The predicted octanol–water partition coefficient (Wildman–Crippen LogP) is 1.63. The van der Waals surface area contributed by atoms with Crippen molar-refractivity contribution in [2.24, 2.45) is 5.92 Å². The minimum Gasteiger partial charge on any atom is -0.389 e. The number of fused-ring (bicyclic) bond motifs is 2. The molecule has 2 aromatic heterocycles. The molecule has 182 valence electrons. The van der Waals surface area contributed by atoms with Crippen LogP contribution < -0.4 is 15.6 Å². The second-order valence-corrected chi connectivity index (χ2v) is 9.59. The van der Waals surface area contributed by atoms with Crippen LogP contribution in [-0.2, 0) is 0 Å². The first-order valence-electron chi connectivity index (χ1n) is 11.3. The number of carbonyl (C=O) groups is 1. The molecule has 2 saturated carbocycles. The van der Waals surface area contributed by atoms with E-state index in [1.54, 1.807) is 4.90 Å². The van der Waals surface area contributed by atoms with E-state index in [4.69, 9.17) is 0 Å². The third kappa shape index (κ3) is 3.41. The Morgan fingerprint density at radius 1 is 1.11 bits per heavy atom. The molecular weight excluding hydrogens is 465 g/mol.